The molecule has 110 valence electrons. The molecule has 0 radical (unpaired) electrons. The Balaban J connectivity index is 1.78. The summed E-state index contributed by atoms with van der Waals surface area (Å²) < 4.78 is 5.01. The van der Waals surface area contributed by atoms with E-state index in [4.69, 9.17) is 4.74 Å². The topological polar surface area (TPSA) is 54.5 Å². The van der Waals surface area contributed by atoms with E-state index in [1.807, 2.05) is 38.2 Å². The van der Waals surface area contributed by atoms with Gasteiger partial charge < -0.3 is 15.0 Å². The molecule has 1 unspecified atom stereocenters. The van der Waals surface area contributed by atoms with Crippen molar-refractivity contribution in [2.75, 3.05) is 24.6 Å². The van der Waals surface area contributed by atoms with Gasteiger partial charge in [0.15, 0.2) is 0 Å². The number of nitrogens with zero attached hydrogens (tertiary/aromatic N) is 2. The highest BCUT2D eigenvalue weighted by molar-refractivity contribution is 5.75. The van der Waals surface area contributed by atoms with Crippen LogP contribution >= 0.6 is 0 Å². The number of carbonyl (C=O) groups is 1. The van der Waals surface area contributed by atoms with Crippen LogP contribution in [0.1, 0.15) is 26.7 Å². The molecule has 0 aliphatic carbocycles. The highest BCUT2D eigenvalue weighted by Gasteiger charge is 2.23. The van der Waals surface area contributed by atoms with Crippen molar-refractivity contribution >= 4 is 11.8 Å². The summed E-state index contributed by atoms with van der Waals surface area (Å²) in [7, 11) is 0. The summed E-state index contributed by atoms with van der Waals surface area (Å²) in [6.45, 7) is 6.05. The second-order valence-corrected chi connectivity index (χ2v) is 5.09. The van der Waals surface area contributed by atoms with Crippen molar-refractivity contribution < 1.29 is 9.53 Å². The molecular formula is C15H23N3O2. The summed E-state index contributed by atoms with van der Waals surface area (Å²) >= 11 is 0. The van der Waals surface area contributed by atoms with E-state index >= 15 is 0 Å². The van der Waals surface area contributed by atoms with Crippen molar-refractivity contribution in [3.8, 4) is 0 Å². The Morgan fingerprint density at radius 3 is 2.85 bits per heavy atom. The first-order valence-electron chi connectivity index (χ1n) is 7.29. The number of hydrogen-bond acceptors (Lipinski definition) is 5. The van der Waals surface area contributed by atoms with Crippen LogP contribution in [-0.2, 0) is 9.53 Å². The maximum atomic E-state index is 11.6. The van der Waals surface area contributed by atoms with Gasteiger partial charge in [0.05, 0.1) is 6.61 Å². The van der Waals surface area contributed by atoms with Crippen molar-refractivity contribution in [3.05, 3.63) is 24.4 Å². The van der Waals surface area contributed by atoms with E-state index in [9.17, 15) is 4.79 Å². The zero-order valence-corrected chi connectivity index (χ0v) is 12.2. The van der Waals surface area contributed by atoms with Gasteiger partial charge in [-0.3, -0.25) is 4.79 Å². The van der Waals surface area contributed by atoms with E-state index in [0.29, 0.717) is 12.6 Å². The minimum absolute atomic E-state index is 0.167. The van der Waals surface area contributed by atoms with E-state index in [1.165, 1.54) is 0 Å². The van der Waals surface area contributed by atoms with Gasteiger partial charge in [0, 0.05) is 25.3 Å². The highest BCUT2D eigenvalue weighted by Crippen LogP contribution is 2.17. The van der Waals surface area contributed by atoms with Gasteiger partial charge >= 0.3 is 5.97 Å². The van der Waals surface area contributed by atoms with E-state index in [-0.39, 0.29) is 12.0 Å². The number of nitrogens with one attached hydrogen (secondary N) is 1. The molecule has 1 aromatic rings. The number of piperidine rings is 1. The molecule has 0 bridgehead atoms. The molecule has 20 heavy (non-hydrogen) atoms. The van der Waals surface area contributed by atoms with Crippen molar-refractivity contribution in [3.63, 3.8) is 0 Å². The maximum absolute atomic E-state index is 11.6. The van der Waals surface area contributed by atoms with Crippen LogP contribution in [0.25, 0.3) is 0 Å². The molecule has 2 heterocycles. The van der Waals surface area contributed by atoms with Crippen molar-refractivity contribution in [1.82, 2.24) is 10.3 Å². The summed E-state index contributed by atoms with van der Waals surface area (Å²) in [5.41, 5.74) is 0. The first-order valence-corrected chi connectivity index (χ1v) is 7.29. The van der Waals surface area contributed by atoms with Gasteiger partial charge in [0.1, 0.15) is 11.9 Å². The molecular weight excluding hydrogens is 254 g/mol. The Kier molecular flexibility index (Phi) is 5.35. The van der Waals surface area contributed by atoms with E-state index in [0.717, 1.165) is 31.7 Å². The second kappa shape index (κ2) is 7.24. The Morgan fingerprint density at radius 2 is 2.25 bits per heavy atom. The Hall–Kier alpha value is -1.62. The molecule has 0 spiro atoms. The molecule has 1 aliphatic rings. The van der Waals surface area contributed by atoms with Gasteiger partial charge in [0.2, 0.25) is 0 Å². The minimum atomic E-state index is -0.235. The predicted molar refractivity (Wildman–Crippen MR) is 78.7 cm³/mol. The number of aromatic nitrogens is 1. The molecule has 5 nitrogen and oxygen atoms in total. The summed E-state index contributed by atoms with van der Waals surface area (Å²) in [5, 5.41) is 3.35. The van der Waals surface area contributed by atoms with Gasteiger partial charge in [-0.25, -0.2) is 4.98 Å². The van der Waals surface area contributed by atoms with Crippen molar-refractivity contribution in [2.24, 2.45) is 0 Å². The Labute approximate surface area is 120 Å². The van der Waals surface area contributed by atoms with Gasteiger partial charge in [-0.1, -0.05) is 6.07 Å². The molecule has 0 saturated carbocycles. The van der Waals surface area contributed by atoms with Crippen LogP contribution in [0, 0.1) is 0 Å². The van der Waals surface area contributed by atoms with Crippen LogP contribution in [0.15, 0.2) is 24.4 Å². The van der Waals surface area contributed by atoms with Gasteiger partial charge in [-0.05, 0) is 38.8 Å². The van der Waals surface area contributed by atoms with Crippen molar-refractivity contribution in [2.45, 2.75) is 38.8 Å². The SMILES string of the molecule is CCOC(=O)C(C)NC1CCN(c2ccccn2)CC1. The first-order chi connectivity index (χ1) is 9.70. The zero-order chi connectivity index (χ0) is 14.4. The quantitative estimate of drug-likeness (QED) is 0.828. The van der Waals surface area contributed by atoms with Crippen LogP contribution < -0.4 is 10.2 Å². The fraction of sp³-hybridized carbons (Fsp3) is 0.600. The Bertz CT molecular complexity index is 416. The smallest absolute Gasteiger partial charge is 0.322 e. The molecule has 1 aromatic heterocycles. The first kappa shape index (κ1) is 14.8. The number of pyridine rings is 1. The van der Waals surface area contributed by atoms with Crippen LogP contribution in [0.2, 0.25) is 0 Å². The largest absolute Gasteiger partial charge is 0.465 e. The van der Waals surface area contributed by atoms with Crippen LogP contribution in [-0.4, -0.2) is 42.7 Å². The molecule has 1 aliphatic heterocycles. The average Bonchev–Trinajstić information content (AvgIpc) is 2.49. The number of ether oxygens (including phenoxy) is 1. The summed E-state index contributed by atoms with van der Waals surface area (Å²) in [6.07, 6.45) is 3.85. The molecule has 5 heteroatoms. The lowest BCUT2D eigenvalue weighted by Crippen LogP contribution is -2.48. The lowest BCUT2D eigenvalue weighted by atomic mass is 10.0. The number of anilines is 1. The third kappa shape index (κ3) is 3.93. The lowest BCUT2D eigenvalue weighted by Gasteiger charge is -2.34. The van der Waals surface area contributed by atoms with E-state index in [1.54, 1.807) is 0 Å². The Morgan fingerprint density at radius 1 is 1.50 bits per heavy atom. The predicted octanol–water partition coefficient (Wildman–Crippen LogP) is 1.59. The number of hydrogen-bond donors (Lipinski definition) is 1. The van der Waals surface area contributed by atoms with Crippen LogP contribution in [0.5, 0.6) is 0 Å². The third-order valence-corrected chi connectivity index (χ3v) is 3.59. The zero-order valence-electron chi connectivity index (χ0n) is 12.2. The summed E-state index contributed by atoms with van der Waals surface area (Å²) in [5.74, 6) is 0.865. The molecule has 0 amide bonds. The van der Waals surface area contributed by atoms with Crippen LogP contribution in [0.4, 0.5) is 5.82 Å². The van der Waals surface area contributed by atoms with E-state index in [2.05, 4.69) is 15.2 Å². The molecule has 0 aromatic carbocycles. The highest BCUT2D eigenvalue weighted by atomic mass is 16.5. The number of esters is 1. The third-order valence-electron chi connectivity index (χ3n) is 3.59. The maximum Gasteiger partial charge on any atom is 0.322 e. The number of rotatable bonds is 5. The van der Waals surface area contributed by atoms with Gasteiger partial charge in [-0.15, -0.1) is 0 Å². The molecule has 1 atom stereocenters. The number of carbonyl (C=O) groups excluding carboxylic acids is 1. The second-order valence-electron chi connectivity index (χ2n) is 5.09. The molecule has 2 rings (SSSR count). The molecule has 1 saturated heterocycles. The standard InChI is InChI=1S/C15H23N3O2/c1-3-20-15(19)12(2)17-13-7-10-18(11-8-13)14-6-4-5-9-16-14/h4-6,9,12-13,17H,3,7-8,10-11H2,1-2H3. The summed E-state index contributed by atoms with van der Waals surface area (Å²) in [4.78, 5) is 18.3. The lowest BCUT2D eigenvalue weighted by molar-refractivity contribution is -0.145. The fourth-order valence-corrected chi connectivity index (χ4v) is 2.50. The summed E-state index contributed by atoms with van der Waals surface area (Å²) in [6, 6.07) is 6.11. The van der Waals surface area contributed by atoms with Gasteiger partial charge in [-0.2, -0.15) is 0 Å². The normalized spacial score (nSPS) is 17.8. The fourth-order valence-electron chi connectivity index (χ4n) is 2.50. The average molecular weight is 277 g/mol. The van der Waals surface area contributed by atoms with Crippen molar-refractivity contribution in [1.29, 1.82) is 0 Å². The molecule has 1 fully saturated rings. The van der Waals surface area contributed by atoms with Gasteiger partial charge in [0.25, 0.3) is 0 Å². The molecule has 1 N–H and O–H groups in total. The van der Waals surface area contributed by atoms with E-state index < -0.39 is 0 Å². The van der Waals surface area contributed by atoms with Crippen LogP contribution in [0.3, 0.4) is 0 Å². The minimum Gasteiger partial charge on any atom is -0.465 e. The monoisotopic (exact) mass is 277 g/mol.